The van der Waals surface area contributed by atoms with Gasteiger partial charge < -0.3 is 9.47 Å². The van der Waals surface area contributed by atoms with Crippen molar-refractivity contribution in [1.29, 1.82) is 0 Å². The summed E-state index contributed by atoms with van der Waals surface area (Å²) in [6, 6.07) is 9.39. The molecule has 0 saturated heterocycles. The second-order valence-corrected chi connectivity index (χ2v) is 6.29. The second kappa shape index (κ2) is 6.44. The molecule has 0 spiro atoms. The Labute approximate surface area is 127 Å². The number of allylic oxidation sites excluding steroid dienone is 2. The molecule has 0 amide bonds. The summed E-state index contributed by atoms with van der Waals surface area (Å²) in [7, 11) is 0. The molecule has 2 rings (SSSR count). The van der Waals surface area contributed by atoms with Gasteiger partial charge in [0.15, 0.2) is 12.1 Å². The number of hydrogen-bond donors (Lipinski definition) is 0. The summed E-state index contributed by atoms with van der Waals surface area (Å²) in [5.41, 5.74) is 1.28. The molecule has 0 radical (unpaired) electrons. The van der Waals surface area contributed by atoms with Gasteiger partial charge >= 0.3 is 0 Å². The van der Waals surface area contributed by atoms with Crippen LogP contribution in [-0.2, 0) is 9.47 Å². The molecule has 0 aromatic heterocycles. The van der Waals surface area contributed by atoms with Gasteiger partial charge in [-0.2, -0.15) is 0 Å². The molecule has 3 heteroatoms. The van der Waals surface area contributed by atoms with Crippen molar-refractivity contribution in [2.45, 2.75) is 46.8 Å². The first kappa shape index (κ1) is 15.8. The van der Waals surface area contributed by atoms with E-state index in [1.165, 1.54) is 0 Å². The Morgan fingerprint density at radius 3 is 2.52 bits per heavy atom. The van der Waals surface area contributed by atoms with Crippen LogP contribution < -0.4 is 0 Å². The molecular formula is C18H24O3. The number of carbonyl (C=O) groups is 1. The number of benzene rings is 1. The van der Waals surface area contributed by atoms with E-state index in [0.29, 0.717) is 18.6 Å². The van der Waals surface area contributed by atoms with Crippen molar-refractivity contribution in [3.63, 3.8) is 0 Å². The van der Waals surface area contributed by atoms with Gasteiger partial charge in [-0.15, -0.1) is 0 Å². The van der Waals surface area contributed by atoms with Crippen LogP contribution in [-0.4, -0.2) is 18.7 Å². The maximum absolute atomic E-state index is 12.7. The predicted octanol–water partition coefficient (Wildman–Crippen LogP) is 4.34. The molecule has 1 aliphatic rings. The van der Waals surface area contributed by atoms with E-state index in [1.54, 1.807) is 0 Å². The summed E-state index contributed by atoms with van der Waals surface area (Å²) in [6.07, 6.45) is 1.18. The molecule has 21 heavy (non-hydrogen) atoms. The van der Waals surface area contributed by atoms with Crippen LogP contribution in [0.1, 0.15) is 50.9 Å². The number of rotatable bonds is 4. The number of ketones is 1. The summed E-state index contributed by atoms with van der Waals surface area (Å²) >= 11 is 0. The highest BCUT2D eigenvalue weighted by Gasteiger charge is 2.33. The van der Waals surface area contributed by atoms with Gasteiger partial charge in [-0.1, -0.05) is 51.1 Å². The zero-order valence-electron chi connectivity index (χ0n) is 13.3. The molecule has 0 aliphatic carbocycles. The second-order valence-electron chi connectivity index (χ2n) is 6.29. The molecule has 1 aliphatic heterocycles. The summed E-state index contributed by atoms with van der Waals surface area (Å²) < 4.78 is 11.6. The molecule has 114 valence electrons. The molecule has 0 fully saturated rings. The van der Waals surface area contributed by atoms with E-state index in [0.717, 1.165) is 17.8 Å². The van der Waals surface area contributed by atoms with E-state index in [1.807, 2.05) is 37.3 Å². The number of ether oxygens (including phenoxy) is 2. The van der Waals surface area contributed by atoms with Crippen molar-refractivity contribution in [3.8, 4) is 0 Å². The van der Waals surface area contributed by atoms with E-state index in [-0.39, 0.29) is 17.5 Å². The van der Waals surface area contributed by atoms with Crippen molar-refractivity contribution in [2.24, 2.45) is 5.41 Å². The van der Waals surface area contributed by atoms with Crippen LogP contribution in [0.2, 0.25) is 0 Å². The van der Waals surface area contributed by atoms with E-state index in [4.69, 9.17) is 9.47 Å². The van der Waals surface area contributed by atoms with Crippen molar-refractivity contribution in [1.82, 2.24) is 0 Å². The zero-order chi connectivity index (χ0) is 15.5. The fourth-order valence-electron chi connectivity index (χ4n) is 2.55. The topological polar surface area (TPSA) is 35.5 Å². The predicted molar refractivity (Wildman–Crippen MR) is 83.0 cm³/mol. The largest absolute Gasteiger partial charge is 0.468 e. The maximum Gasteiger partial charge on any atom is 0.199 e. The van der Waals surface area contributed by atoms with Crippen molar-refractivity contribution in [3.05, 3.63) is 47.2 Å². The van der Waals surface area contributed by atoms with Gasteiger partial charge in [0.1, 0.15) is 5.76 Å². The minimum atomic E-state index is -0.239. The molecule has 3 nitrogen and oxygen atoms in total. The molecule has 1 aromatic rings. The van der Waals surface area contributed by atoms with Crippen LogP contribution in [0, 0.1) is 5.41 Å². The smallest absolute Gasteiger partial charge is 0.199 e. The molecule has 1 unspecified atom stereocenters. The van der Waals surface area contributed by atoms with Gasteiger partial charge in [0.25, 0.3) is 0 Å². The van der Waals surface area contributed by atoms with Gasteiger partial charge in [0.05, 0.1) is 0 Å². The summed E-state index contributed by atoms with van der Waals surface area (Å²) in [4.78, 5) is 12.7. The average Bonchev–Trinajstić information content (AvgIpc) is 2.47. The van der Waals surface area contributed by atoms with Crippen LogP contribution in [0.3, 0.4) is 0 Å². The standard InChI is InChI=1S/C18H24O3/c1-5-20-15-12-11-14(17(21-15)18(2,3)4)16(19)13-9-7-6-8-10-13/h6-10,15H,5,11-12H2,1-4H3. The highest BCUT2D eigenvalue weighted by molar-refractivity contribution is 6.09. The third kappa shape index (κ3) is 3.73. The van der Waals surface area contributed by atoms with Gasteiger partial charge in [0, 0.05) is 29.6 Å². The number of carbonyl (C=O) groups excluding carboxylic acids is 1. The molecule has 0 N–H and O–H groups in total. The van der Waals surface area contributed by atoms with Crippen LogP contribution in [0.5, 0.6) is 0 Å². The van der Waals surface area contributed by atoms with Crippen molar-refractivity contribution < 1.29 is 14.3 Å². The van der Waals surface area contributed by atoms with Crippen LogP contribution in [0.15, 0.2) is 41.7 Å². The Bertz CT molecular complexity index is 523. The van der Waals surface area contributed by atoms with Crippen molar-refractivity contribution in [2.75, 3.05) is 6.61 Å². The third-order valence-corrected chi connectivity index (χ3v) is 3.50. The highest BCUT2D eigenvalue weighted by atomic mass is 16.7. The Balaban J connectivity index is 2.35. The van der Waals surface area contributed by atoms with E-state index < -0.39 is 0 Å². The third-order valence-electron chi connectivity index (χ3n) is 3.50. The molecule has 1 aromatic carbocycles. The average molecular weight is 288 g/mol. The lowest BCUT2D eigenvalue weighted by molar-refractivity contribution is -0.134. The quantitative estimate of drug-likeness (QED) is 0.773. The minimum Gasteiger partial charge on any atom is -0.468 e. The monoisotopic (exact) mass is 288 g/mol. The first-order valence-corrected chi connectivity index (χ1v) is 7.55. The van der Waals surface area contributed by atoms with Crippen LogP contribution in [0.4, 0.5) is 0 Å². The molecular weight excluding hydrogens is 264 g/mol. The van der Waals surface area contributed by atoms with Crippen molar-refractivity contribution >= 4 is 5.78 Å². The lowest BCUT2D eigenvalue weighted by Crippen LogP contribution is -2.30. The van der Waals surface area contributed by atoms with E-state index in [2.05, 4.69) is 20.8 Å². The molecule has 1 atom stereocenters. The lowest BCUT2D eigenvalue weighted by atomic mass is 9.85. The van der Waals surface area contributed by atoms with E-state index >= 15 is 0 Å². The summed E-state index contributed by atoms with van der Waals surface area (Å²) in [5.74, 6) is 0.830. The molecule has 1 heterocycles. The first-order chi connectivity index (χ1) is 9.93. The summed E-state index contributed by atoms with van der Waals surface area (Å²) in [6.45, 7) is 8.76. The Hall–Kier alpha value is -1.61. The van der Waals surface area contributed by atoms with Gasteiger partial charge in [-0.25, -0.2) is 0 Å². The maximum atomic E-state index is 12.7. The SMILES string of the molecule is CCOC1CCC(C(=O)c2ccccc2)=C(C(C)(C)C)O1. The van der Waals surface area contributed by atoms with Gasteiger partial charge in [0.2, 0.25) is 0 Å². The first-order valence-electron chi connectivity index (χ1n) is 7.55. The lowest BCUT2D eigenvalue weighted by Gasteiger charge is -2.34. The Morgan fingerprint density at radius 1 is 1.29 bits per heavy atom. The molecule has 0 saturated carbocycles. The molecule has 0 bridgehead atoms. The summed E-state index contributed by atoms with van der Waals surface area (Å²) in [5, 5.41) is 0. The number of Topliss-reactive ketones (excluding diaryl/α,β-unsaturated/α-hetero) is 1. The van der Waals surface area contributed by atoms with Gasteiger partial charge in [-0.3, -0.25) is 4.79 Å². The Morgan fingerprint density at radius 2 is 1.95 bits per heavy atom. The normalized spacial score (nSPS) is 19.3. The fraction of sp³-hybridized carbons (Fsp3) is 0.500. The van der Waals surface area contributed by atoms with Crippen LogP contribution in [0.25, 0.3) is 0 Å². The van der Waals surface area contributed by atoms with Gasteiger partial charge in [-0.05, 0) is 13.3 Å². The highest BCUT2D eigenvalue weighted by Crippen LogP contribution is 2.37. The van der Waals surface area contributed by atoms with E-state index in [9.17, 15) is 4.79 Å². The minimum absolute atomic E-state index is 0.0653. The Kier molecular flexibility index (Phi) is 4.84. The zero-order valence-corrected chi connectivity index (χ0v) is 13.3. The van der Waals surface area contributed by atoms with Crippen LogP contribution >= 0.6 is 0 Å². The fourth-order valence-corrected chi connectivity index (χ4v) is 2.55. The number of hydrogen-bond acceptors (Lipinski definition) is 3.